The number of rotatable bonds is 4. The van der Waals surface area contributed by atoms with Crippen molar-refractivity contribution in [1.29, 1.82) is 0 Å². The van der Waals surface area contributed by atoms with E-state index >= 15 is 0 Å². The van der Waals surface area contributed by atoms with Gasteiger partial charge in [-0.1, -0.05) is 6.42 Å². The van der Waals surface area contributed by atoms with Crippen LogP contribution in [0.25, 0.3) is 0 Å². The molecule has 168 valence electrons. The maximum absolute atomic E-state index is 12.7. The molecule has 3 atom stereocenters. The van der Waals surface area contributed by atoms with Gasteiger partial charge >= 0.3 is 0 Å². The summed E-state index contributed by atoms with van der Waals surface area (Å²) < 4.78 is 5.96. The third-order valence-corrected chi connectivity index (χ3v) is 6.11. The second-order valence-corrected chi connectivity index (χ2v) is 8.33. The lowest BCUT2D eigenvalue weighted by molar-refractivity contribution is -0.139. The van der Waals surface area contributed by atoms with E-state index in [1.54, 1.807) is 0 Å². The summed E-state index contributed by atoms with van der Waals surface area (Å²) in [6, 6.07) is 0.805. The molecule has 0 radical (unpaired) electrons. The first kappa shape index (κ1) is 28.2. The molecule has 0 bridgehead atoms. The molecule has 2 saturated heterocycles. The number of nitrogens with two attached hydrogens (primary N) is 1. The summed E-state index contributed by atoms with van der Waals surface area (Å²) in [5.41, 5.74) is 6.05. The van der Waals surface area contributed by atoms with Gasteiger partial charge in [0.25, 0.3) is 0 Å². The summed E-state index contributed by atoms with van der Waals surface area (Å²) in [7, 11) is 0. The molecule has 0 aromatic rings. The van der Waals surface area contributed by atoms with Crippen molar-refractivity contribution in [3.8, 4) is 0 Å². The minimum Gasteiger partial charge on any atom is -0.374 e. The van der Waals surface area contributed by atoms with Gasteiger partial charge in [-0.25, -0.2) is 0 Å². The van der Waals surface area contributed by atoms with E-state index in [1.165, 1.54) is 0 Å². The summed E-state index contributed by atoms with van der Waals surface area (Å²) in [6.45, 7) is 12.0. The average molecular weight is 462 g/mol. The highest BCUT2D eigenvalue weighted by Crippen LogP contribution is 2.25. The molecule has 1 aliphatic carbocycles. The van der Waals surface area contributed by atoms with Gasteiger partial charge in [-0.05, 0) is 33.1 Å². The lowest BCUT2D eigenvalue weighted by atomic mass is 9.85. The second kappa shape index (κ2) is 13.5. The van der Waals surface area contributed by atoms with Crippen LogP contribution in [0.5, 0.6) is 0 Å². The molecule has 3 unspecified atom stereocenters. The van der Waals surface area contributed by atoms with Crippen molar-refractivity contribution in [1.82, 2.24) is 14.7 Å². The van der Waals surface area contributed by atoms with Gasteiger partial charge in [-0.2, -0.15) is 0 Å². The van der Waals surface area contributed by atoms with Gasteiger partial charge < -0.3 is 15.4 Å². The van der Waals surface area contributed by atoms with Gasteiger partial charge in [-0.3, -0.25) is 14.6 Å². The summed E-state index contributed by atoms with van der Waals surface area (Å²) >= 11 is 0. The molecule has 28 heavy (non-hydrogen) atoms. The quantitative estimate of drug-likeness (QED) is 0.694. The molecule has 2 heterocycles. The number of amides is 1. The van der Waals surface area contributed by atoms with Gasteiger partial charge in [0, 0.05) is 63.8 Å². The molecule has 9 heteroatoms. The van der Waals surface area contributed by atoms with Crippen LogP contribution in [0, 0.1) is 5.92 Å². The molecule has 0 spiro atoms. The summed E-state index contributed by atoms with van der Waals surface area (Å²) in [4.78, 5) is 19.8. The summed E-state index contributed by atoms with van der Waals surface area (Å²) in [5.74, 6) is 0.506. The fourth-order valence-electron chi connectivity index (χ4n) is 4.47. The van der Waals surface area contributed by atoms with Crippen LogP contribution in [0.4, 0.5) is 0 Å². The summed E-state index contributed by atoms with van der Waals surface area (Å²) in [6.07, 6.45) is 4.37. The molecular formula is C19H39Cl3N4O2. The van der Waals surface area contributed by atoms with Crippen LogP contribution in [0.15, 0.2) is 0 Å². The zero-order valence-corrected chi connectivity index (χ0v) is 19.7. The molecular weight excluding hydrogens is 423 g/mol. The second-order valence-electron chi connectivity index (χ2n) is 8.33. The van der Waals surface area contributed by atoms with Crippen LogP contribution in [-0.2, 0) is 9.53 Å². The van der Waals surface area contributed by atoms with Crippen LogP contribution in [0.2, 0.25) is 0 Å². The van der Waals surface area contributed by atoms with Crippen molar-refractivity contribution < 1.29 is 9.53 Å². The van der Waals surface area contributed by atoms with E-state index in [4.69, 9.17) is 10.5 Å². The minimum atomic E-state index is 0. The van der Waals surface area contributed by atoms with Gasteiger partial charge in [0.05, 0.1) is 12.7 Å². The number of hydrogen-bond acceptors (Lipinski definition) is 5. The Morgan fingerprint density at radius 2 is 1.75 bits per heavy atom. The maximum atomic E-state index is 12.7. The highest BCUT2D eigenvalue weighted by molar-refractivity contribution is 5.86. The molecule has 6 nitrogen and oxygen atoms in total. The standard InChI is InChI=1S/C19H36N4O2.3ClH/c1-15(2)23-10-11-25-18(14-23)13-21-6-8-22(9-7-21)19(24)16-4-3-5-17(20)12-16;;;/h15-18H,3-14,20H2,1-2H3;3*1H. The van der Waals surface area contributed by atoms with Crippen LogP contribution in [0.1, 0.15) is 39.5 Å². The molecule has 3 aliphatic rings. The molecule has 0 aromatic heterocycles. The molecule has 2 N–H and O–H groups in total. The van der Waals surface area contributed by atoms with Crippen LogP contribution >= 0.6 is 37.2 Å². The number of halogens is 3. The van der Waals surface area contributed by atoms with Gasteiger partial charge in [0.1, 0.15) is 0 Å². The number of piperazine rings is 1. The fraction of sp³-hybridized carbons (Fsp3) is 0.947. The Labute approximate surface area is 189 Å². The number of carbonyl (C=O) groups excluding carboxylic acids is 1. The van der Waals surface area contributed by atoms with Crippen LogP contribution in [-0.4, -0.2) is 91.2 Å². The summed E-state index contributed by atoms with van der Waals surface area (Å²) in [5, 5.41) is 0. The molecule has 2 aliphatic heterocycles. The number of ether oxygens (including phenoxy) is 1. The first-order valence-electron chi connectivity index (χ1n) is 10.2. The van der Waals surface area contributed by atoms with E-state index in [-0.39, 0.29) is 49.2 Å². The Hall–Kier alpha value is 0.180. The highest BCUT2D eigenvalue weighted by Gasteiger charge is 2.31. The van der Waals surface area contributed by atoms with E-state index in [1.807, 2.05) is 0 Å². The average Bonchev–Trinajstić information content (AvgIpc) is 2.62. The van der Waals surface area contributed by atoms with Gasteiger partial charge in [-0.15, -0.1) is 37.2 Å². The lowest BCUT2D eigenvalue weighted by Gasteiger charge is -2.41. The molecule has 3 fully saturated rings. The predicted molar refractivity (Wildman–Crippen MR) is 121 cm³/mol. The Morgan fingerprint density at radius 3 is 2.36 bits per heavy atom. The van der Waals surface area contributed by atoms with Crippen molar-refractivity contribution in [2.24, 2.45) is 11.7 Å². The number of hydrogen-bond donors (Lipinski definition) is 1. The zero-order valence-electron chi connectivity index (χ0n) is 17.3. The smallest absolute Gasteiger partial charge is 0.225 e. The number of carbonyl (C=O) groups is 1. The zero-order chi connectivity index (χ0) is 17.8. The lowest BCUT2D eigenvalue weighted by Crippen LogP contribution is -2.55. The van der Waals surface area contributed by atoms with Crippen molar-refractivity contribution in [3.63, 3.8) is 0 Å². The number of morpholine rings is 1. The van der Waals surface area contributed by atoms with Crippen molar-refractivity contribution >= 4 is 43.1 Å². The number of nitrogens with zero attached hydrogens (tertiary/aromatic N) is 3. The predicted octanol–water partition coefficient (Wildman–Crippen LogP) is 2.02. The van der Waals surface area contributed by atoms with E-state index < -0.39 is 0 Å². The Kier molecular flexibility index (Phi) is 13.6. The maximum Gasteiger partial charge on any atom is 0.225 e. The minimum absolute atomic E-state index is 0. The molecule has 0 aromatic carbocycles. The van der Waals surface area contributed by atoms with E-state index in [0.717, 1.165) is 78.1 Å². The topological polar surface area (TPSA) is 62.0 Å². The normalized spacial score (nSPS) is 29.4. The van der Waals surface area contributed by atoms with E-state index in [9.17, 15) is 4.79 Å². The Balaban J connectivity index is 0.00000243. The third kappa shape index (κ3) is 7.78. The molecule has 3 rings (SSSR count). The third-order valence-electron chi connectivity index (χ3n) is 6.11. The molecule has 1 saturated carbocycles. The molecule has 1 amide bonds. The van der Waals surface area contributed by atoms with E-state index in [0.29, 0.717) is 18.1 Å². The Bertz CT molecular complexity index is 451. The monoisotopic (exact) mass is 460 g/mol. The van der Waals surface area contributed by atoms with E-state index in [2.05, 4.69) is 28.5 Å². The Morgan fingerprint density at radius 1 is 1.07 bits per heavy atom. The van der Waals surface area contributed by atoms with Crippen molar-refractivity contribution in [2.45, 2.75) is 57.7 Å². The first-order chi connectivity index (χ1) is 12.0. The SMILES string of the molecule is CC(C)N1CCOC(CN2CCN(C(=O)C3CCCC(N)C3)CC2)C1.Cl.Cl.Cl. The van der Waals surface area contributed by atoms with Crippen molar-refractivity contribution in [2.75, 3.05) is 52.4 Å². The van der Waals surface area contributed by atoms with Gasteiger partial charge in [0.2, 0.25) is 5.91 Å². The fourth-order valence-corrected chi connectivity index (χ4v) is 4.47. The van der Waals surface area contributed by atoms with Crippen molar-refractivity contribution in [3.05, 3.63) is 0 Å². The van der Waals surface area contributed by atoms with Crippen LogP contribution in [0.3, 0.4) is 0 Å². The van der Waals surface area contributed by atoms with Gasteiger partial charge in [0.15, 0.2) is 0 Å². The van der Waals surface area contributed by atoms with Crippen LogP contribution < -0.4 is 5.73 Å². The first-order valence-corrected chi connectivity index (χ1v) is 10.2. The largest absolute Gasteiger partial charge is 0.374 e. The highest BCUT2D eigenvalue weighted by atomic mass is 35.5.